The van der Waals surface area contributed by atoms with Crippen LogP contribution in [0.15, 0.2) is 51.7 Å². The zero-order valence-electron chi connectivity index (χ0n) is 13.9. The van der Waals surface area contributed by atoms with Crippen LogP contribution >= 0.6 is 0 Å². The van der Waals surface area contributed by atoms with Crippen LogP contribution in [-0.2, 0) is 0 Å². The number of aromatic hydroxyl groups is 2. The van der Waals surface area contributed by atoms with Crippen molar-refractivity contribution in [3.8, 4) is 28.6 Å². The van der Waals surface area contributed by atoms with E-state index in [1.165, 1.54) is 24.3 Å². The van der Waals surface area contributed by atoms with Gasteiger partial charge in [0.25, 0.3) is 0 Å². The number of phenols is 2. The molecule has 3 N–H and O–H groups in total. The molecule has 2 heterocycles. The highest BCUT2D eigenvalue weighted by Gasteiger charge is 2.29. The van der Waals surface area contributed by atoms with E-state index in [2.05, 4.69) is 0 Å². The van der Waals surface area contributed by atoms with Gasteiger partial charge < -0.3 is 24.5 Å². The molecule has 4 rings (SSSR count). The first kappa shape index (κ1) is 16.2. The highest BCUT2D eigenvalue weighted by molar-refractivity contribution is 5.91. The van der Waals surface area contributed by atoms with Crippen molar-refractivity contribution in [1.29, 1.82) is 0 Å². The fourth-order valence-electron chi connectivity index (χ4n) is 2.94. The lowest BCUT2D eigenvalue weighted by atomic mass is 9.99. The molecule has 1 atom stereocenters. The number of hydrogen-bond acceptors (Lipinski definition) is 6. The third-order valence-corrected chi connectivity index (χ3v) is 4.41. The van der Waals surface area contributed by atoms with Crippen LogP contribution in [0.5, 0.6) is 17.2 Å². The zero-order chi connectivity index (χ0) is 18.5. The number of aliphatic hydroxyl groups excluding tert-OH is 1. The van der Waals surface area contributed by atoms with Crippen LogP contribution in [0, 0.1) is 0 Å². The molecule has 0 radical (unpaired) electrons. The topological polar surface area (TPSA) is 100 Å². The van der Waals surface area contributed by atoms with E-state index in [0.29, 0.717) is 22.6 Å². The van der Waals surface area contributed by atoms with Crippen LogP contribution in [0.25, 0.3) is 28.4 Å². The summed E-state index contributed by atoms with van der Waals surface area (Å²) in [5.41, 5.74) is -0.152. The van der Waals surface area contributed by atoms with Gasteiger partial charge in [-0.05, 0) is 43.3 Å². The fraction of sp³-hybridized carbons (Fsp3) is 0.150. The average molecular weight is 352 g/mol. The highest BCUT2D eigenvalue weighted by Crippen LogP contribution is 2.41. The molecule has 0 saturated carbocycles. The minimum Gasteiger partial charge on any atom is -0.508 e. The summed E-state index contributed by atoms with van der Waals surface area (Å²) in [6, 6.07) is 9.06. The second-order valence-electron chi connectivity index (χ2n) is 6.44. The molecule has 26 heavy (non-hydrogen) atoms. The van der Waals surface area contributed by atoms with E-state index in [1.807, 2.05) is 0 Å². The van der Waals surface area contributed by atoms with Gasteiger partial charge in [-0.2, -0.15) is 0 Å². The van der Waals surface area contributed by atoms with E-state index in [4.69, 9.17) is 9.15 Å². The molecule has 0 spiro atoms. The SMILES string of the molecule is C[C@@]1(CO)C=Cc2c(cc3oc(-c4ccc(O)cc4)cc(=O)c3c2O)O1. The lowest BCUT2D eigenvalue weighted by molar-refractivity contribution is 0.0639. The summed E-state index contributed by atoms with van der Waals surface area (Å²) < 4.78 is 11.6. The van der Waals surface area contributed by atoms with E-state index in [9.17, 15) is 20.1 Å². The molecule has 2 aromatic carbocycles. The minimum absolute atomic E-state index is 0.0622. The van der Waals surface area contributed by atoms with Crippen LogP contribution in [0.2, 0.25) is 0 Å². The number of hydrogen-bond donors (Lipinski definition) is 3. The van der Waals surface area contributed by atoms with Crippen molar-refractivity contribution in [3.05, 3.63) is 58.3 Å². The molecule has 0 fully saturated rings. The largest absolute Gasteiger partial charge is 0.508 e. The monoisotopic (exact) mass is 352 g/mol. The van der Waals surface area contributed by atoms with Gasteiger partial charge in [0.2, 0.25) is 0 Å². The molecule has 1 aliphatic rings. The van der Waals surface area contributed by atoms with Gasteiger partial charge in [0.1, 0.15) is 39.6 Å². The summed E-state index contributed by atoms with van der Waals surface area (Å²) in [5, 5.41) is 29.5. The van der Waals surface area contributed by atoms with Crippen LogP contribution in [0.4, 0.5) is 0 Å². The summed E-state index contributed by atoms with van der Waals surface area (Å²) in [5.74, 6) is 0.505. The maximum Gasteiger partial charge on any atom is 0.197 e. The molecule has 0 aliphatic carbocycles. The Morgan fingerprint density at radius 3 is 2.54 bits per heavy atom. The predicted molar refractivity (Wildman–Crippen MR) is 96.4 cm³/mol. The first-order chi connectivity index (χ1) is 12.4. The maximum absolute atomic E-state index is 12.6. The first-order valence-corrected chi connectivity index (χ1v) is 8.02. The summed E-state index contributed by atoms with van der Waals surface area (Å²) in [6.07, 6.45) is 3.25. The molecule has 0 saturated heterocycles. The third kappa shape index (κ3) is 2.51. The van der Waals surface area contributed by atoms with Gasteiger partial charge >= 0.3 is 0 Å². The van der Waals surface area contributed by atoms with Gasteiger partial charge in [0.05, 0.1) is 12.2 Å². The molecule has 0 unspecified atom stereocenters. The molecule has 0 bridgehead atoms. The molecular weight excluding hydrogens is 336 g/mol. The smallest absolute Gasteiger partial charge is 0.197 e. The van der Waals surface area contributed by atoms with Gasteiger partial charge in [0.15, 0.2) is 5.43 Å². The molecule has 132 valence electrons. The molecule has 0 amide bonds. The van der Waals surface area contributed by atoms with Gasteiger partial charge in [-0.15, -0.1) is 0 Å². The summed E-state index contributed by atoms with van der Waals surface area (Å²) in [4.78, 5) is 12.6. The lowest BCUT2D eigenvalue weighted by Crippen LogP contribution is -2.35. The minimum atomic E-state index is -0.915. The van der Waals surface area contributed by atoms with E-state index in [0.717, 1.165) is 0 Å². The number of benzene rings is 2. The lowest BCUT2D eigenvalue weighted by Gasteiger charge is -2.30. The fourth-order valence-corrected chi connectivity index (χ4v) is 2.94. The number of phenolic OH excluding ortho intramolecular Hbond substituents is 2. The Balaban J connectivity index is 1.94. The number of fused-ring (bicyclic) bond motifs is 2. The van der Waals surface area contributed by atoms with Crippen molar-refractivity contribution < 1.29 is 24.5 Å². The van der Waals surface area contributed by atoms with Crippen molar-refractivity contribution >= 4 is 17.0 Å². The Kier molecular flexibility index (Phi) is 3.52. The van der Waals surface area contributed by atoms with E-state index in [-0.39, 0.29) is 29.1 Å². The maximum atomic E-state index is 12.6. The Morgan fingerprint density at radius 1 is 1.12 bits per heavy atom. The summed E-state index contributed by atoms with van der Waals surface area (Å²) in [7, 11) is 0. The van der Waals surface area contributed by atoms with E-state index in [1.54, 1.807) is 31.2 Å². The number of ether oxygens (including phenoxy) is 1. The van der Waals surface area contributed by atoms with Crippen molar-refractivity contribution in [2.24, 2.45) is 0 Å². The molecule has 3 aromatic rings. The van der Waals surface area contributed by atoms with Crippen LogP contribution in [0.1, 0.15) is 12.5 Å². The van der Waals surface area contributed by atoms with Crippen molar-refractivity contribution in [3.63, 3.8) is 0 Å². The van der Waals surface area contributed by atoms with Gasteiger partial charge in [-0.25, -0.2) is 0 Å². The van der Waals surface area contributed by atoms with Crippen LogP contribution in [0.3, 0.4) is 0 Å². The normalized spacial score (nSPS) is 18.5. The molecular formula is C20H16O6. The predicted octanol–water partition coefficient (Wildman–Crippen LogP) is 3.03. The number of rotatable bonds is 2. The van der Waals surface area contributed by atoms with Crippen LogP contribution in [-0.4, -0.2) is 27.5 Å². The Morgan fingerprint density at radius 2 is 1.85 bits per heavy atom. The van der Waals surface area contributed by atoms with E-state index < -0.39 is 11.0 Å². The molecule has 6 nitrogen and oxygen atoms in total. The Hall–Kier alpha value is -3.25. The summed E-state index contributed by atoms with van der Waals surface area (Å²) in [6.45, 7) is 1.47. The van der Waals surface area contributed by atoms with Crippen molar-refractivity contribution in [2.45, 2.75) is 12.5 Å². The third-order valence-electron chi connectivity index (χ3n) is 4.41. The average Bonchev–Trinajstić information content (AvgIpc) is 2.61. The van der Waals surface area contributed by atoms with Gasteiger partial charge in [-0.3, -0.25) is 4.79 Å². The zero-order valence-corrected chi connectivity index (χ0v) is 13.9. The molecule has 1 aliphatic heterocycles. The number of aliphatic hydroxyl groups is 1. The Bertz CT molecular complexity index is 1090. The second kappa shape index (κ2) is 5.64. The van der Waals surface area contributed by atoms with Gasteiger partial charge in [0, 0.05) is 17.7 Å². The Labute approximate surface area is 148 Å². The molecule has 6 heteroatoms. The quantitative estimate of drug-likeness (QED) is 0.655. The van der Waals surface area contributed by atoms with Gasteiger partial charge in [-0.1, -0.05) is 0 Å². The second-order valence-corrected chi connectivity index (χ2v) is 6.44. The molecule has 1 aromatic heterocycles. The summed E-state index contributed by atoms with van der Waals surface area (Å²) >= 11 is 0. The van der Waals surface area contributed by atoms with Crippen LogP contribution < -0.4 is 10.2 Å². The first-order valence-electron chi connectivity index (χ1n) is 8.02. The van der Waals surface area contributed by atoms with E-state index >= 15 is 0 Å². The van der Waals surface area contributed by atoms with Crippen molar-refractivity contribution in [2.75, 3.05) is 6.61 Å². The van der Waals surface area contributed by atoms with Crippen molar-refractivity contribution in [1.82, 2.24) is 0 Å². The standard InChI is InChI=1S/C20H16O6/c1-20(10-21)7-6-13-16(26-20)9-17-18(19(13)24)14(23)8-15(25-17)11-2-4-12(22)5-3-11/h2-9,21-22,24H,10H2,1H3/t20-/m0/s1. The highest BCUT2D eigenvalue weighted by atomic mass is 16.5.